The summed E-state index contributed by atoms with van der Waals surface area (Å²) < 4.78 is 0. The molecule has 2 aliphatic carbocycles. The van der Waals surface area contributed by atoms with E-state index in [1.807, 2.05) is 6.20 Å². The van der Waals surface area contributed by atoms with Gasteiger partial charge in [0, 0.05) is 44.3 Å². The van der Waals surface area contributed by atoms with Crippen LogP contribution in [0.25, 0.3) is 0 Å². The van der Waals surface area contributed by atoms with Crippen LogP contribution in [0.15, 0.2) is 12.3 Å². The number of anilines is 1. The van der Waals surface area contributed by atoms with Gasteiger partial charge in [-0.25, -0.2) is 9.97 Å². The van der Waals surface area contributed by atoms with Gasteiger partial charge in [-0.3, -0.25) is 4.90 Å². The fourth-order valence-electron chi connectivity index (χ4n) is 4.52. The Hall–Kier alpha value is -1.16. The molecule has 1 aromatic rings. The van der Waals surface area contributed by atoms with Gasteiger partial charge in [0.2, 0.25) is 0 Å². The zero-order valence-corrected chi connectivity index (χ0v) is 12.6. The second-order valence-corrected chi connectivity index (χ2v) is 7.51. The van der Waals surface area contributed by atoms with Gasteiger partial charge in [0.25, 0.3) is 0 Å². The van der Waals surface area contributed by atoms with Crippen LogP contribution in [0.2, 0.25) is 0 Å². The van der Waals surface area contributed by atoms with Crippen LogP contribution in [0, 0.1) is 11.8 Å². The van der Waals surface area contributed by atoms with Crippen LogP contribution >= 0.6 is 0 Å². The Labute approximate surface area is 126 Å². The minimum absolute atomic E-state index is 0.653. The first-order valence-corrected chi connectivity index (χ1v) is 8.69. The van der Waals surface area contributed by atoms with Crippen LogP contribution in [-0.4, -0.2) is 47.1 Å². The van der Waals surface area contributed by atoms with Gasteiger partial charge in [0.05, 0.1) is 0 Å². The summed E-state index contributed by atoms with van der Waals surface area (Å²) in [6, 6.07) is 2.86. The predicted octanol–water partition coefficient (Wildman–Crippen LogP) is 2.27. The van der Waals surface area contributed by atoms with Gasteiger partial charge in [0.1, 0.15) is 11.6 Å². The number of nitrogens with zero attached hydrogens (tertiary/aromatic N) is 4. The average molecular weight is 284 g/mol. The van der Waals surface area contributed by atoms with Crippen molar-refractivity contribution in [1.29, 1.82) is 0 Å². The van der Waals surface area contributed by atoms with Crippen molar-refractivity contribution in [1.82, 2.24) is 14.9 Å². The third kappa shape index (κ3) is 2.15. The molecule has 0 spiro atoms. The normalized spacial score (nSPS) is 33.2. The van der Waals surface area contributed by atoms with Crippen LogP contribution in [0.5, 0.6) is 0 Å². The van der Waals surface area contributed by atoms with Crippen LogP contribution < -0.4 is 4.90 Å². The lowest BCUT2D eigenvalue weighted by Crippen LogP contribution is -2.59. The molecule has 4 heteroatoms. The van der Waals surface area contributed by atoms with Crippen LogP contribution in [0.3, 0.4) is 0 Å². The molecule has 5 rings (SSSR count). The van der Waals surface area contributed by atoms with Crippen LogP contribution in [0.4, 0.5) is 5.82 Å². The maximum Gasteiger partial charge on any atom is 0.133 e. The molecule has 4 fully saturated rings. The molecular weight excluding hydrogens is 260 g/mol. The van der Waals surface area contributed by atoms with E-state index in [0.717, 1.165) is 29.5 Å². The van der Waals surface area contributed by atoms with Crippen molar-refractivity contribution < 1.29 is 0 Å². The van der Waals surface area contributed by atoms with E-state index in [0.29, 0.717) is 5.92 Å². The zero-order valence-electron chi connectivity index (χ0n) is 12.6. The summed E-state index contributed by atoms with van der Waals surface area (Å²) in [4.78, 5) is 14.4. The Morgan fingerprint density at radius 3 is 2.43 bits per heavy atom. The Morgan fingerprint density at radius 1 is 0.952 bits per heavy atom. The number of hydrogen-bond donors (Lipinski definition) is 0. The van der Waals surface area contributed by atoms with Crippen LogP contribution in [-0.2, 0) is 0 Å². The summed E-state index contributed by atoms with van der Waals surface area (Å²) in [6.45, 7) is 5.06. The highest BCUT2D eigenvalue weighted by Gasteiger charge is 2.42. The first kappa shape index (κ1) is 12.4. The summed E-state index contributed by atoms with van der Waals surface area (Å²) >= 11 is 0. The lowest BCUT2D eigenvalue weighted by atomic mass is 10.0. The molecule has 4 aliphatic rings. The molecule has 3 heterocycles. The van der Waals surface area contributed by atoms with Gasteiger partial charge in [-0.15, -0.1) is 0 Å². The van der Waals surface area contributed by atoms with Crippen molar-refractivity contribution in [2.24, 2.45) is 11.8 Å². The zero-order chi connectivity index (χ0) is 13.8. The molecule has 0 radical (unpaired) electrons. The highest BCUT2D eigenvalue weighted by atomic mass is 15.3. The van der Waals surface area contributed by atoms with E-state index in [1.165, 1.54) is 58.3 Å². The fourth-order valence-corrected chi connectivity index (χ4v) is 4.52. The first-order valence-electron chi connectivity index (χ1n) is 8.69. The van der Waals surface area contributed by atoms with Crippen molar-refractivity contribution in [3.8, 4) is 0 Å². The SMILES string of the molecule is c1cc(N2CC(N3CC4CCCC4C3)C2)nc(C2CC2)n1. The van der Waals surface area contributed by atoms with Gasteiger partial charge in [-0.05, 0) is 43.6 Å². The topological polar surface area (TPSA) is 32.3 Å². The van der Waals surface area contributed by atoms with Gasteiger partial charge in [0.15, 0.2) is 0 Å². The van der Waals surface area contributed by atoms with E-state index in [2.05, 4.69) is 20.9 Å². The van der Waals surface area contributed by atoms with E-state index in [-0.39, 0.29) is 0 Å². The van der Waals surface area contributed by atoms with E-state index in [9.17, 15) is 0 Å². The van der Waals surface area contributed by atoms with Crippen molar-refractivity contribution in [3.63, 3.8) is 0 Å². The molecule has 4 nitrogen and oxygen atoms in total. The maximum atomic E-state index is 4.77. The summed E-state index contributed by atoms with van der Waals surface area (Å²) in [5.74, 6) is 4.91. The lowest BCUT2D eigenvalue weighted by Gasteiger charge is -2.45. The minimum atomic E-state index is 0.653. The second kappa shape index (κ2) is 4.67. The lowest BCUT2D eigenvalue weighted by molar-refractivity contribution is 0.190. The summed E-state index contributed by atoms with van der Waals surface area (Å²) in [5.41, 5.74) is 0. The third-order valence-corrected chi connectivity index (χ3v) is 6.06. The molecule has 0 bridgehead atoms. The molecule has 2 saturated carbocycles. The predicted molar refractivity (Wildman–Crippen MR) is 82.4 cm³/mol. The van der Waals surface area contributed by atoms with E-state index in [1.54, 1.807) is 0 Å². The van der Waals surface area contributed by atoms with Crippen molar-refractivity contribution in [2.45, 2.75) is 44.1 Å². The van der Waals surface area contributed by atoms with E-state index >= 15 is 0 Å². The largest absolute Gasteiger partial charge is 0.353 e. The molecule has 1 aromatic heterocycles. The molecule has 112 valence electrons. The highest BCUT2D eigenvalue weighted by molar-refractivity contribution is 5.42. The highest BCUT2D eigenvalue weighted by Crippen LogP contribution is 2.40. The standard InChI is InChI=1S/C17H24N4/c1-2-13-8-20(9-14(13)3-1)15-10-21(11-15)16-6-7-18-17(19-16)12-4-5-12/h6-7,12-15H,1-5,8-11H2. The number of fused-ring (bicyclic) bond motifs is 1. The summed E-state index contributed by atoms with van der Waals surface area (Å²) in [5, 5.41) is 0. The van der Waals surface area contributed by atoms with Gasteiger partial charge < -0.3 is 4.90 Å². The molecule has 2 saturated heterocycles. The molecule has 2 aliphatic heterocycles. The van der Waals surface area contributed by atoms with Crippen molar-refractivity contribution in [3.05, 3.63) is 18.1 Å². The number of likely N-dealkylation sites (tertiary alicyclic amines) is 1. The van der Waals surface area contributed by atoms with E-state index < -0.39 is 0 Å². The van der Waals surface area contributed by atoms with Gasteiger partial charge >= 0.3 is 0 Å². The molecule has 2 unspecified atom stereocenters. The minimum Gasteiger partial charge on any atom is -0.353 e. The van der Waals surface area contributed by atoms with Crippen LogP contribution in [0.1, 0.15) is 43.8 Å². The second-order valence-electron chi connectivity index (χ2n) is 7.51. The Kier molecular flexibility index (Phi) is 2.75. The summed E-state index contributed by atoms with van der Waals surface area (Å²) in [6.07, 6.45) is 8.95. The first-order chi connectivity index (χ1) is 10.4. The third-order valence-electron chi connectivity index (χ3n) is 6.06. The summed E-state index contributed by atoms with van der Waals surface area (Å²) in [7, 11) is 0. The van der Waals surface area contributed by atoms with E-state index in [4.69, 9.17) is 4.98 Å². The van der Waals surface area contributed by atoms with Gasteiger partial charge in [-0.1, -0.05) is 6.42 Å². The smallest absolute Gasteiger partial charge is 0.133 e. The Balaban J connectivity index is 1.22. The molecule has 0 aromatic carbocycles. The fraction of sp³-hybridized carbons (Fsp3) is 0.765. The van der Waals surface area contributed by atoms with Crippen molar-refractivity contribution in [2.75, 3.05) is 31.1 Å². The molecule has 0 N–H and O–H groups in total. The molecule has 21 heavy (non-hydrogen) atoms. The molecular formula is C17H24N4. The van der Waals surface area contributed by atoms with Crippen molar-refractivity contribution >= 4 is 5.82 Å². The van der Waals surface area contributed by atoms with Gasteiger partial charge in [-0.2, -0.15) is 0 Å². The molecule has 0 amide bonds. The number of aromatic nitrogens is 2. The quantitative estimate of drug-likeness (QED) is 0.852. The number of rotatable bonds is 3. The Bertz CT molecular complexity index is 523. The maximum absolute atomic E-state index is 4.77. The monoisotopic (exact) mass is 284 g/mol. The molecule has 2 atom stereocenters. The number of hydrogen-bond acceptors (Lipinski definition) is 4. The Morgan fingerprint density at radius 2 is 1.71 bits per heavy atom. The average Bonchev–Trinajstić information content (AvgIpc) is 3.08.